The highest BCUT2D eigenvalue weighted by molar-refractivity contribution is 5.89. The molecular weight excluding hydrogens is 335 g/mol. The van der Waals surface area contributed by atoms with E-state index in [4.69, 9.17) is 9.47 Å². The van der Waals surface area contributed by atoms with E-state index in [-0.39, 0.29) is 17.9 Å². The number of rotatable bonds is 5. The zero-order chi connectivity index (χ0) is 18.4. The molecule has 0 saturated carbocycles. The van der Waals surface area contributed by atoms with Gasteiger partial charge in [-0.15, -0.1) is 0 Å². The van der Waals surface area contributed by atoms with Crippen molar-refractivity contribution in [3.05, 3.63) is 59.9 Å². The van der Waals surface area contributed by atoms with E-state index in [1.54, 1.807) is 11.0 Å². The molecule has 1 aliphatic heterocycles. The molecule has 1 saturated heterocycles. The lowest BCUT2D eigenvalue weighted by molar-refractivity contribution is 0.00540. The second kappa shape index (κ2) is 8.67. The van der Waals surface area contributed by atoms with Crippen molar-refractivity contribution >= 4 is 11.7 Å². The molecular formula is C20H23FN2O3. The van der Waals surface area contributed by atoms with Gasteiger partial charge in [0, 0.05) is 24.8 Å². The average molecular weight is 358 g/mol. The first kappa shape index (κ1) is 18.2. The van der Waals surface area contributed by atoms with Gasteiger partial charge < -0.3 is 19.7 Å². The maximum atomic E-state index is 13.7. The molecule has 0 aromatic heterocycles. The van der Waals surface area contributed by atoms with Crippen LogP contribution < -0.4 is 10.1 Å². The third-order valence-corrected chi connectivity index (χ3v) is 4.46. The number of anilines is 1. The van der Waals surface area contributed by atoms with Crippen LogP contribution in [0.4, 0.5) is 14.9 Å². The van der Waals surface area contributed by atoms with Crippen molar-refractivity contribution in [1.29, 1.82) is 0 Å². The van der Waals surface area contributed by atoms with Crippen molar-refractivity contribution in [2.45, 2.75) is 25.6 Å². The van der Waals surface area contributed by atoms with Gasteiger partial charge in [-0.2, -0.15) is 0 Å². The van der Waals surface area contributed by atoms with Gasteiger partial charge in [0.1, 0.15) is 0 Å². The number of carbonyl (C=O) groups excluding carboxylic acids is 1. The van der Waals surface area contributed by atoms with Crippen LogP contribution in [0.1, 0.15) is 18.4 Å². The monoisotopic (exact) mass is 358 g/mol. The molecule has 0 atom stereocenters. The molecule has 0 unspecified atom stereocenters. The van der Waals surface area contributed by atoms with Crippen LogP contribution >= 0.6 is 0 Å². The quantitative estimate of drug-likeness (QED) is 0.877. The summed E-state index contributed by atoms with van der Waals surface area (Å²) in [5.41, 5.74) is 1.56. The SMILES string of the molecule is COc1ccc(NC(=O)N2CCC(OCc3ccccc3)CC2)cc1F. The van der Waals surface area contributed by atoms with Gasteiger partial charge in [-0.25, -0.2) is 9.18 Å². The van der Waals surface area contributed by atoms with Crippen LogP contribution in [0, 0.1) is 5.82 Å². The van der Waals surface area contributed by atoms with E-state index >= 15 is 0 Å². The number of nitrogens with zero attached hydrogens (tertiary/aromatic N) is 1. The Morgan fingerprint density at radius 1 is 1.19 bits per heavy atom. The molecule has 6 heteroatoms. The van der Waals surface area contributed by atoms with Crippen LogP contribution in [0.3, 0.4) is 0 Å². The van der Waals surface area contributed by atoms with Crippen LogP contribution in [0.15, 0.2) is 48.5 Å². The first-order valence-electron chi connectivity index (χ1n) is 8.70. The zero-order valence-corrected chi connectivity index (χ0v) is 14.8. The number of piperidine rings is 1. The molecule has 138 valence electrons. The summed E-state index contributed by atoms with van der Waals surface area (Å²) in [7, 11) is 1.40. The van der Waals surface area contributed by atoms with Crippen molar-refractivity contribution in [3.63, 3.8) is 0 Å². The van der Waals surface area contributed by atoms with E-state index in [1.807, 2.05) is 30.3 Å². The van der Waals surface area contributed by atoms with Gasteiger partial charge in [-0.1, -0.05) is 30.3 Å². The summed E-state index contributed by atoms with van der Waals surface area (Å²) < 4.78 is 24.5. The van der Waals surface area contributed by atoms with Crippen LogP contribution in [0.25, 0.3) is 0 Å². The highest BCUT2D eigenvalue weighted by Crippen LogP contribution is 2.22. The van der Waals surface area contributed by atoms with Gasteiger partial charge in [-0.05, 0) is 30.5 Å². The van der Waals surface area contributed by atoms with Gasteiger partial charge in [0.05, 0.1) is 19.8 Å². The fourth-order valence-corrected chi connectivity index (χ4v) is 2.96. The fraction of sp³-hybridized carbons (Fsp3) is 0.350. The number of nitrogens with one attached hydrogen (secondary N) is 1. The molecule has 1 heterocycles. The predicted molar refractivity (Wildman–Crippen MR) is 97.8 cm³/mol. The summed E-state index contributed by atoms with van der Waals surface area (Å²) in [5, 5.41) is 2.73. The summed E-state index contributed by atoms with van der Waals surface area (Å²) in [6.07, 6.45) is 1.73. The molecule has 2 aromatic carbocycles. The lowest BCUT2D eigenvalue weighted by atomic mass is 10.1. The first-order valence-corrected chi connectivity index (χ1v) is 8.70. The van der Waals surface area contributed by atoms with Gasteiger partial charge in [0.2, 0.25) is 0 Å². The van der Waals surface area contributed by atoms with Crippen LogP contribution in [0.5, 0.6) is 5.75 Å². The van der Waals surface area contributed by atoms with E-state index < -0.39 is 5.82 Å². The largest absolute Gasteiger partial charge is 0.494 e. The topological polar surface area (TPSA) is 50.8 Å². The number of ether oxygens (including phenoxy) is 2. The number of halogens is 1. The number of likely N-dealkylation sites (tertiary alicyclic amines) is 1. The lowest BCUT2D eigenvalue weighted by Crippen LogP contribution is -2.43. The van der Waals surface area contributed by atoms with E-state index in [1.165, 1.54) is 19.2 Å². The lowest BCUT2D eigenvalue weighted by Gasteiger charge is -2.32. The second-order valence-electron chi connectivity index (χ2n) is 6.26. The summed E-state index contributed by atoms with van der Waals surface area (Å²) >= 11 is 0. The minimum Gasteiger partial charge on any atom is -0.494 e. The van der Waals surface area contributed by atoms with Crippen molar-refractivity contribution in [3.8, 4) is 5.75 Å². The zero-order valence-electron chi connectivity index (χ0n) is 14.8. The van der Waals surface area contributed by atoms with Crippen LogP contribution in [-0.4, -0.2) is 37.2 Å². The van der Waals surface area contributed by atoms with Crippen molar-refractivity contribution in [2.24, 2.45) is 0 Å². The van der Waals surface area contributed by atoms with Crippen molar-refractivity contribution < 1.29 is 18.7 Å². The molecule has 5 nitrogen and oxygen atoms in total. The molecule has 1 N–H and O–H groups in total. The van der Waals surface area contributed by atoms with Gasteiger partial charge in [-0.3, -0.25) is 0 Å². The van der Waals surface area contributed by atoms with Crippen molar-refractivity contribution in [2.75, 3.05) is 25.5 Å². The Hall–Kier alpha value is -2.60. The Labute approximate surface area is 152 Å². The minimum atomic E-state index is -0.502. The maximum Gasteiger partial charge on any atom is 0.321 e. The molecule has 1 aliphatic rings. The Bertz CT molecular complexity index is 731. The molecule has 0 radical (unpaired) electrons. The molecule has 26 heavy (non-hydrogen) atoms. The average Bonchev–Trinajstić information content (AvgIpc) is 2.68. The number of benzene rings is 2. The highest BCUT2D eigenvalue weighted by atomic mass is 19.1. The molecule has 0 aliphatic carbocycles. The second-order valence-corrected chi connectivity index (χ2v) is 6.26. The van der Waals surface area contributed by atoms with Gasteiger partial charge in [0.25, 0.3) is 0 Å². The smallest absolute Gasteiger partial charge is 0.321 e. The molecule has 0 bridgehead atoms. The summed E-state index contributed by atoms with van der Waals surface area (Å²) in [5.74, 6) is -0.349. The van der Waals surface area contributed by atoms with Crippen LogP contribution in [0.2, 0.25) is 0 Å². The molecule has 2 aromatic rings. The van der Waals surface area contributed by atoms with Gasteiger partial charge >= 0.3 is 6.03 Å². The third kappa shape index (κ3) is 4.73. The Morgan fingerprint density at radius 2 is 1.92 bits per heavy atom. The fourth-order valence-electron chi connectivity index (χ4n) is 2.96. The minimum absolute atomic E-state index is 0.151. The number of carbonyl (C=O) groups is 1. The number of amides is 2. The third-order valence-electron chi connectivity index (χ3n) is 4.46. The summed E-state index contributed by atoms with van der Waals surface area (Å²) in [6, 6.07) is 14.2. The Kier molecular flexibility index (Phi) is 6.07. The van der Waals surface area contributed by atoms with E-state index in [2.05, 4.69) is 5.32 Å². The number of urea groups is 1. The molecule has 3 rings (SSSR count). The Balaban J connectivity index is 1.45. The first-order chi connectivity index (χ1) is 12.7. The van der Waals surface area contributed by atoms with Crippen LogP contribution in [-0.2, 0) is 11.3 Å². The number of hydrogen-bond donors (Lipinski definition) is 1. The van der Waals surface area contributed by atoms with E-state index in [0.717, 1.165) is 18.4 Å². The van der Waals surface area contributed by atoms with Gasteiger partial charge in [0.15, 0.2) is 11.6 Å². The predicted octanol–water partition coefficient (Wildman–Crippen LogP) is 4.05. The van der Waals surface area contributed by atoms with Crippen molar-refractivity contribution in [1.82, 2.24) is 4.90 Å². The Morgan fingerprint density at radius 3 is 2.58 bits per heavy atom. The van der Waals surface area contributed by atoms with E-state index in [9.17, 15) is 9.18 Å². The summed E-state index contributed by atoms with van der Waals surface area (Å²) in [6.45, 7) is 1.82. The molecule has 1 fully saturated rings. The number of methoxy groups -OCH3 is 1. The van der Waals surface area contributed by atoms with E-state index in [0.29, 0.717) is 25.4 Å². The maximum absolute atomic E-state index is 13.7. The molecule has 0 spiro atoms. The normalized spacial score (nSPS) is 14.9. The number of hydrogen-bond acceptors (Lipinski definition) is 3. The summed E-state index contributed by atoms with van der Waals surface area (Å²) in [4.78, 5) is 14.1. The standard InChI is InChI=1S/C20H23FN2O3/c1-25-19-8-7-16(13-18(19)21)22-20(24)23-11-9-17(10-12-23)26-14-15-5-3-2-4-6-15/h2-8,13,17H,9-12,14H2,1H3,(H,22,24). The molecule has 2 amide bonds. The highest BCUT2D eigenvalue weighted by Gasteiger charge is 2.23.